The molecule has 17 heavy (non-hydrogen) atoms. The summed E-state index contributed by atoms with van der Waals surface area (Å²) in [5, 5.41) is 2.32. The highest BCUT2D eigenvalue weighted by atomic mass is 19.3. The molecule has 0 spiro atoms. The van der Waals surface area contributed by atoms with E-state index in [0.29, 0.717) is 18.0 Å². The average Bonchev–Trinajstić information content (AvgIpc) is 2.29. The third kappa shape index (κ3) is 5.14. The number of carbonyl (C=O) groups is 1. The van der Waals surface area contributed by atoms with Gasteiger partial charge in [0.2, 0.25) is 0 Å². The second kappa shape index (κ2) is 6.67. The van der Waals surface area contributed by atoms with Crippen molar-refractivity contribution in [3.05, 3.63) is 24.3 Å². The summed E-state index contributed by atoms with van der Waals surface area (Å²) in [4.78, 5) is 11.0. The number of carbonyl (C=O) groups excluding carboxylic acids is 1. The Morgan fingerprint density at radius 1 is 1.35 bits per heavy atom. The maximum atomic E-state index is 11.8. The summed E-state index contributed by atoms with van der Waals surface area (Å²) < 4.78 is 33.0. The topological polar surface area (TPSA) is 47.6 Å². The van der Waals surface area contributed by atoms with E-state index >= 15 is 0 Å². The molecule has 0 atom stereocenters. The summed E-state index contributed by atoms with van der Waals surface area (Å²) in [5.74, 6) is 0.666. The largest absolute Gasteiger partial charge is 0.494 e. The molecule has 1 rings (SSSR count). The van der Waals surface area contributed by atoms with Crippen LogP contribution in [0.25, 0.3) is 0 Å². The number of rotatable bonds is 5. The van der Waals surface area contributed by atoms with Crippen LogP contribution in [0.2, 0.25) is 0 Å². The summed E-state index contributed by atoms with van der Waals surface area (Å²) in [6.07, 6.45) is -3.57. The van der Waals surface area contributed by atoms with Gasteiger partial charge in [-0.15, -0.1) is 0 Å². The lowest BCUT2D eigenvalue weighted by atomic mass is 10.3. The molecule has 1 amide bonds. The second-order valence-corrected chi connectivity index (χ2v) is 3.07. The van der Waals surface area contributed by atoms with E-state index in [1.807, 2.05) is 6.92 Å². The normalized spacial score (nSPS) is 10.1. The predicted octanol–water partition coefficient (Wildman–Crippen LogP) is 2.90. The van der Waals surface area contributed by atoms with E-state index in [4.69, 9.17) is 4.74 Å². The molecule has 0 heterocycles. The predicted molar refractivity (Wildman–Crippen MR) is 58.6 cm³/mol. The van der Waals surface area contributed by atoms with Crippen LogP contribution in [-0.4, -0.2) is 25.7 Å². The third-order valence-electron chi connectivity index (χ3n) is 1.75. The van der Waals surface area contributed by atoms with Gasteiger partial charge in [-0.05, 0) is 31.2 Å². The van der Waals surface area contributed by atoms with Crippen LogP contribution >= 0.6 is 0 Å². The van der Waals surface area contributed by atoms with Gasteiger partial charge in [-0.2, -0.15) is 0 Å². The minimum atomic E-state index is -2.67. The van der Waals surface area contributed by atoms with Crippen molar-refractivity contribution < 1.29 is 23.0 Å². The Morgan fingerprint density at radius 2 is 2.00 bits per heavy atom. The van der Waals surface area contributed by atoms with Crippen LogP contribution in [0.4, 0.5) is 19.3 Å². The summed E-state index contributed by atoms with van der Waals surface area (Å²) in [5.41, 5.74) is 0.452. The Bertz CT molecular complexity index is 354. The zero-order valence-electron chi connectivity index (χ0n) is 9.28. The van der Waals surface area contributed by atoms with Gasteiger partial charge in [0.1, 0.15) is 5.75 Å². The van der Waals surface area contributed by atoms with Gasteiger partial charge in [0.15, 0.2) is 6.61 Å². The molecular formula is C11H13F2NO3. The fourth-order valence-corrected chi connectivity index (χ4v) is 1.09. The highest BCUT2D eigenvalue weighted by Crippen LogP contribution is 2.15. The molecule has 1 aromatic rings. The molecule has 0 saturated heterocycles. The van der Waals surface area contributed by atoms with Gasteiger partial charge in [0.05, 0.1) is 6.61 Å². The summed E-state index contributed by atoms with van der Waals surface area (Å²) in [6, 6.07) is 6.50. The zero-order valence-corrected chi connectivity index (χ0v) is 9.28. The molecular weight excluding hydrogens is 232 g/mol. The molecule has 0 unspecified atom stereocenters. The summed E-state index contributed by atoms with van der Waals surface area (Å²) >= 11 is 0. The van der Waals surface area contributed by atoms with Gasteiger partial charge in [-0.25, -0.2) is 13.6 Å². The Hall–Kier alpha value is -1.85. The lowest BCUT2D eigenvalue weighted by Crippen LogP contribution is -2.17. The number of ether oxygens (including phenoxy) is 2. The summed E-state index contributed by atoms with van der Waals surface area (Å²) in [7, 11) is 0. The van der Waals surface area contributed by atoms with Gasteiger partial charge in [0.25, 0.3) is 6.43 Å². The molecule has 1 N–H and O–H groups in total. The second-order valence-electron chi connectivity index (χ2n) is 3.07. The molecule has 6 heteroatoms. The number of hydrogen-bond acceptors (Lipinski definition) is 3. The van der Waals surface area contributed by atoms with Gasteiger partial charge in [0, 0.05) is 5.69 Å². The first-order valence-corrected chi connectivity index (χ1v) is 5.06. The van der Waals surface area contributed by atoms with Crippen molar-refractivity contribution in [3.63, 3.8) is 0 Å². The number of halogens is 2. The molecule has 4 nitrogen and oxygen atoms in total. The molecule has 0 radical (unpaired) electrons. The number of alkyl halides is 2. The maximum absolute atomic E-state index is 11.8. The van der Waals surface area contributed by atoms with Crippen molar-refractivity contribution in [1.29, 1.82) is 0 Å². The Kier molecular flexibility index (Phi) is 5.19. The molecule has 0 aliphatic heterocycles. The molecule has 0 saturated carbocycles. The van der Waals surface area contributed by atoms with Crippen LogP contribution < -0.4 is 10.1 Å². The molecule has 0 aliphatic rings. The average molecular weight is 245 g/mol. The molecule has 0 bridgehead atoms. The van der Waals surface area contributed by atoms with Crippen molar-refractivity contribution in [2.75, 3.05) is 18.5 Å². The first-order valence-electron chi connectivity index (χ1n) is 5.06. The fraction of sp³-hybridized carbons (Fsp3) is 0.364. The van der Waals surface area contributed by atoms with Gasteiger partial charge < -0.3 is 9.47 Å². The molecule has 0 fully saturated rings. The van der Waals surface area contributed by atoms with Crippen molar-refractivity contribution in [1.82, 2.24) is 0 Å². The van der Waals surface area contributed by atoms with E-state index in [1.165, 1.54) is 0 Å². The minimum absolute atomic E-state index is 0.452. The van der Waals surface area contributed by atoms with E-state index in [9.17, 15) is 13.6 Å². The van der Waals surface area contributed by atoms with Gasteiger partial charge in [-0.3, -0.25) is 5.32 Å². The van der Waals surface area contributed by atoms with E-state index < -0.39 is 19.1 Å². The van der Waals surface area contributed by atoms with Crippen LogP contribution in [0.5, 0.6) is 5.75 Å². The van der Waals surface area contributed by atoms with E-state index in [-0.39, 0.29) is 0 Å². The fourth-order valence-electron chi connectivity index (χ4n) is 1.09. The van der Waals surface area contributed by atoms with E-state index in [2.05, 4.69) is 10.1 Å². The highest BCUT2D eigenvalue weighted by Gasteiger charge is 2.08. The zero-order chi connectivity index (χ0) is 12.7. The smallest absolute Gasteiger partial charge is 0.411 e. The standard InChI is InChI=1S/C11H13F2NO3/c1-2-16-9-5-3-8(4-6-9)14-11(15)17-7-10(12)13/h3-6,10H,2,7H2,1H3,(H,14,15). The third-order valence-corrected chi connectivity index (χ3v) is 1.75. The minimum Gasteiger partial charge on any atom is -0.494 e. The van der Waals surface area contributed by atoms with Crippen molar-refractivity contribution in [2.24, 2.45) is 0 Å². The number of nitrogens with one attached hydrogen (secondary N) is 1. The molecule has 1 aromatic carbocycles. The number of benzene rings is 1. The SMILES string of the molecule is CCOc1ccc(NC(=O)OCC(F)F)cc1. The lowest BCUT2D eigenvalue weighted by Gasteiger charge is -2.07. The van der Waals surface area contributed by atoms with E-state index in [0.717, 1.165) is 0 Å². The van der Waals surface area contributed by atoms with Crippen LogP contribution in [0, 0.1) is 0 Å². The molecule has 0 aromatic heterocycles. The lowest BCUT2D eigenvalue weighted by molar-refractivity contribution is 0.0548. The monoisotopic (exact) mass is 245 g/mol. The number of anilines is 1. The van der Waals surface area contributed by atoms with Crippen LogP contribution in [0.15, 0.2) is 24.3 Å². The highest BCUT2D eigenvalue weighted by molar-refractivity contribution is 5.84. The van der Waals surface area contributed by atoms with Crippen LogP contribution in [0.3, 0.4) is 0 Å². The Balaban J connectivity index is 2.43. The number of amides is 1. The maximum Gasteiger partial charge on any atom is 0.411 e. The van der Waals surface area contributed by atoms with Crippen molar-refractivity contribution >= 4 is 11.8 Å². The van der Waals surface area contributed by atoms with Crippen LogP contribution in [0.1, 0.15) is 6.92 Å². The van der Waals surface area contributed by atoms with Gasteiger partial charge in [-0.1, -0.05) is 0 Å². The molecule has 0 aliphatic carbocycles. The van der Waals surface area contributed by atoms with Crippen molar-refractivity contribution in [3.8, 4) is 5.75 Å². The number of hydrogen-bond donors (Lipinski definition) is 1. The van der Waals surface area contributed by atoms with E-state index in [1.54, 1.807) is 24.3 Å². The molecule has 94 valence electrons. The Morgan fingerprint density at radius 3 is 2.53 bits per heavy atom. The quantitative estimate of drug-likeness (QED) is 0.867. The van der Waals surface area contributed by atoms with Crippen LogP contribution in [-0.2, 0) is 4.74 Å². The Labute approximate surface area is 97.5 Å². The first-order chi connectivity index (χ1) is 8.11. The summed E-state index contributed by atoms with van der Waals surface area (Å²) in [6.45, 7) is 1.49. The first kappa shape index (κ1) is 13.2. The van der Waals surface area contributed by atoms with Crippen molar-refractivity contribution in [2.45, 2.75) is 13.3 Å². The van der Waals surface area contributed by atoms with Gasteiger partial charge >= 0.3 is 6.09 Å².